The summed E-state index contributed by atoms with van der Waals surface area (Å²) < 4.78 is 13.5. The standard InChI is InChI=1S/C16H16FNO2S/c1-11(19)12-6-2-4-8-14(12)18-16(20)10-21-15-9-5-3-7-13(15)17/h2-9,11,19H,10H2,1H3,(H,18,20). The SMILES string of the molecule is CC(O)c1ccccc1NC(=O)CSc1ccccc1F. The molecule has 2 N–H and O–H groups in total. The van der Waals surface area contributed by atoms with Gasteiger partial charge in [-0.25, -0.2) is 4.39 Å². The molecule has 0 saturated carbocycles. The van der Waals surface area contributed by atoms with Crippen LogP contribution in [0.4, 0.5) is 10.1 Å². The molecule has 0 spiro atoms. The van der Waals surface area contributed by atoms with E-state index in [4.69, 9.17) is 0 Å². The summed E-state index contributed by atoms with van der Waals surface area (Å²) >= 11 is 1.14. The molecule has 0 aliphatic rings. The Morgan fingerprint density at radius 2 is 1.90 bits per heavy atom. The van der Waals surface area contributed by atoms with Crippen LogP contribution in [-0.4, -0.2) is 16.8 Å². The first kappa shape index (κ1) is 15.5. The number of rotatable bonds is 5. The monoisotopic (exact) mass is 305 g/mol. The molecular formula is C16H16FNO2S. The fraction of sp³-hybridized carbons (Fsp3) is 0.188. The van der Waals surface area contributed by atoms with Gasteiger partial charge in [0, 0.05) is 16.1 Å². The van der Waals surface area contributed by atoms with Crippen LogP contribution < -0.4 is 5.32 Å². The van der Waals surface area contributed by atoms with Gasteiger partial charge < -0.3 is 10.4 Å². The van der Waals surface area contributed by atoms with Gasteiger partial charge >= 0.3 is 0 Å². The van der Waals surface area contributed by atoms with Crippen molar-refractivity contribution in [2.24, 2.45) is 0 Å². The lowest BCUT2D eigenvalue weighted by molar-refractivity contribution is -0.113. The number of para-hydroxylation sites is 1. The third kappa shape index (κ3) is 4.31. The number of hydrogen-bond donors (Lipinski definition) is 2. The minimum atomic E-state index is -0.666. The maximum absolute atomic E-state index is 13.5. The van der Waals surface area contributed by atoms with Crippen LogP contribution in [0.3, 0.4) is 0 Å². The fourth-order valence-corrected chi connectivity index (χ4v) is 2.61. The van der Waals surface area contributed by atoms with Gasteiger partial charge in [-0.2, -0.15) is 0 Å². The van der Waals surface area contributed by atoms with E-state index in [1.165, 1.54) is 6.07 Å². The lowest BCUT2D eigenvalue weighted by Crippen LogP contribution is -2.15. The van der Waals surface area contributed by atoms with E-state index in [-0.39, 0.29) is 17.5 Å². The van der Waals surface area contributed by atoms with Crippen LogP contribution in [0, 0.1) is 5.82 Å². The van der Waals surface area contributed by atoms with Gasteiger partial charge in [-0.15, -0.1) is 11.8 Å². The van der Waals surface area contributed by atoms with Gasteiger partial charge in [0.2, 0.25) is 5.91 Å². The summed E-state index contributed by atoms with van der Waals surface area (Å²) in [6.45, 7) is 1.64. The summed E-state index contributed by atoms with van der Waals surface area (Å²) in [7, 11) is 0. The molecule has 3 nitrogen and oxygen atoms in total. The number of amides is 1. The lowest BCUT2D eigenvalue weighted by Gasteiger charge is -2.12. The number of nitrogens with one attached hydrogen (secondary N) is 1. The van der Waals surface area contributed by atoms with Crippen LogP contribution in [0.5, 0.6) is 0 Å². The first-order chi connectivity index (χ1) is 10.1. The molecule has 0 saturated heterocycles. The Kier molecular flexibility index (Phi) is 5.36. The second-order valence-corrected chi connectivity index (χ2v) is 5.55. The zero-order valence-electron chi connectivity index (χ0n) is 11.5. The molecule has 0 fully saturated rings. The van der Waals surface area contributed by atoms with E-state index < -0.39 is 6.10 Å². The Balaban J connectivity index is 1.98. The number of halogens is 1. The van der Waals surface area contributed by atoms with E-state index >= 15 is 0 Å². The van der Waals surface area contributed by atoms with Crippen LogP contribution in [0.2, 0.25) is 0 Å². The first-order valence-corrected chi connectivity index (χ1v) is 7.50. The minimum Gasteiger partial charge on any atom is -0.389 e. The molecule has 5 heteroatoms. The van der Waals surface area contributed by atoms with E-state index in [1.54, 1.807) is 49.4 Å². The van der Waals surface area contributed by atoms with Crippen molar-refractivity contribution in [3.8, 4) is 0 Å². The van der Waals surface area contributed by atoms with Gasteiger partial charge in [-0.1, -0.05) is 30.3 Å². The van der Waals surface area contributed by atoms with Crippen LogP contribution in [0.1, 0.15) is 18.6 Å². The van der Waals surface area contributed by atoms with Crippen LogP contribution >= 0.6 is 11.8 Å². The van der Waals surface area contributed by atoms with Crippen molar-refractivity contribution in [3.05, 3.63) is 59.9 Å². The maximum Gasteiger partial charge on any atom is 0.234 e. The molecular weight excluding hydrogens is 289 g/mol. The van der Waals surface area contributed by atoms with Crippen molar-refractivity contribution in [1.29, 1.82) is 0 Å². The van der Waals surface area contributed by atoms with Crippen molar-refractivity contribution in [3.63, 3.8) is 0 Å². The summed E-state index contributed by atoms with van der Waals surface area (Å²) in [6, 6.07) is 13.4. The molecule has 1 amide bonds. The summed E-state index contributed by atoms with van der Waals surface area (Å²) in [5.41, 5.74) is 1.23. The van der Waals surface area contributed by atoms with Gasteiger partial charge in [0.15, 0.2) is 0 Å². The number of aliphatic hydroxyl groups is 1. The van der Waals surface area contributed by atoms with Crippen molar-refractivity contribution >= 4 is 23.4 Å². The second-order valence-electron chi connectivity index (χ2n) is 4.53. The molecule has 0 bridgehead atoms. The Morgan fingerprint density at radius 1 is 1.24 bits per heavy atom. The zero-order chi connectivity index (χ0) is 15.2. The summed E-state index contributed by atoms with van der Waals surface area (Å²) in [4.78, 5) is 12.4. The molecule has 0 radical (unpaired) electrons. The molecule has 0 heterocycles. The number of thioether (sulfide) groups is 1. The Hall–Kier alpha value is -1.85. The fourth-order valence-electron chi connectivity index (χ4n) is 1.87. The quantitative estimate of drug-likeness (QED) is 0.830. The van der Waals surface area contributed by atoms with Crippen molar-refractivity contribution in [2.45, 2.75) is 17.9 Å². The first-order valence-electron chi connectivity index (χ1n) is 6.52. The van der Waals surface area contributed by atoms with Crippen molar-refractivity contribution in [1.82, 2.24) is 0 Å². The smallest absolute Gasteiger partial charge is 0.234 e. The van der Waals surface area contributed by atoms with E-state index in [0.717, 1.165) is 11.8 Å². The van der Waals surface area contributed by atoms with Gasteiger partial charge in [-0.3, -0.25) is 4.79 Å². The predicted octanol–water partition coefficient (Wildman–Crippen LogP) is 3.61. The Labute approximate surface area is 127 Å². The van der Waals surface area contributed by atoms with E-state index in [0.29, 0.717) is 16.1 Å². The van der Waals surface area contributed by atoms with Gasteiger partial charge in [0.1, 0.15) is 5.82 Å². The van der Waals surface area contributed by atoms with Gasteiger partial charge in [-0.05, 0) is 25.1 Å². The average Bonchev–Trinajstić information content (AvgIpc) is 2.47. The number of carbonyl (C=O) groups is 1. The van der Waals surface area contributed by atoms with Crippen LogP contribution in [0.15, 0.2) is 53.4 Å². The van der Waals surface area contributed by atoms with E-state index in [1.807, 2.05) is 0 Å². The zero-order valence-corrected chi connectivity index (χ0v) is 12.4. The Morgan fingerprint density at radius 3 is 2.62 bits per heavy atom. The molecule has 1 unspecified atom stereocenters. The van der Waals surface area contributed by atoms with E-state index in [2.05, 4.69) is 5.32 Å². The topological polar surface area (TPSA) is 49.3 Å². The normalized spacial score (nSPS) is 12.0. The second kappa shape index (κ2) is 7.24. The highest BCUT2D eigenvalue weighted by atomic mass is 32.2. The molecule has 0 aromatic heterocycles. The number of aliphatic hydroxyl groups excluding tert-OH is 1. The molecule has 1 atom stereocenters. The summed E-state index contributed by atoms with van der Waals surface area (Å²) in [6.07, 6.45) is -0.666. The summed E-state index contributed by atoms with van der Waals surface area (Å²) in [5, 5.41) is 12.4. The third-order valence-corrected chi connectivity index (χ3v) is 3.93. The van der Waals surface area contributed by atoms with Crippen LogP contribution in [-0.2, 0) is 4.79 Å². The number of benzene rings is 2. The van der Waals surface area contributed by atoms with E-state index in [9.17, 15) is 14.3 Å². The number of anilines is 1. The molecule has 110 valence electrons. The Bertz CT molecular complexity index is 631. The molecule has 21 heavy (non-hydrogen) atoms. The van der Waals surface area contributed by atoms with Crippen molar-refractivity contribution in [2.75, 3.05) is 11.1 Å². The van der Waals surface area contributed by atoms with Crippen molar-refractivity contribution < 1.29 is 14.3 Å². The highest BCUT2D eigenvalue weighted by Crippen LogP contribution is 2.24. The number of hydrogen-bond acceptors (Lipinski definition) is 3. The maximum atomic E-state index is 13.5. The highest BCUT2D eigenvalue weighted by molar-refractivity contribution is 8.00. The highest BCUT2D eigenvalue weighted by Gasteiger charge is 2.11. The average molecular weight is 305 g/mol. The molecule has 2 rings (SSSR count). The van der Waals surface area contributed by atoms with Gasteiger partial charge in [0.25, 0.3) is 0 Å². The summed E-state index contributed by atoms with van der Waals surface area (Å²) in [5.74, 6) is -0.467. The number of carbonyl (C=O) groups excluding carboxylic acids is 1. The predicted molar refractivity (Wildman–Crippen MR) is 82.8 cm³/mol. The van der Waals surface area contributed by atoms with Crippen LogP contribution in [0.25, 0.3) is 0 Å². The largest absolute Gasteiger partial charge is 0.389 e. The lowest BCUT2D eigenvalue weighted by atomic mass is 10.1. The third-order valence-electron chi connectivity index (χ3n) is 2.88. The molecule has 2 aromatic rings. The molecule has 0 aliphatic carbocycles. The molecule has 2 aromatic carbocycles. The molecule has 0 aliphatic heterocycles. The van der Waals surface area contributed by atoms with Gasteiger partial charge in [0.05, 0.1) is 11.9 Å². The minimum absolute atomic E-state index is 0.106.